The highest BCUT2D eigenvalue weighted by Gasteiger charge is 2.24. The molecule has 1 aromatic rings. The van der Waals surface area contributed by atoms with Gasteiger partial charge in [-0.05, 0) is 37.1 Å². The van der Waals surface area contributed by atoms with Gasteiger partial charge in [-0.15, -0.1) is 0 Å². The minimum Gasteiger partial charge on any atom is -0.481 e. The highest BCUT2D eigenvalue weighted by Crippen LogP contribution is 2.19. The summed E-state index contributed by atoms with van der Waals surface area (Å²) in [6.45, 7) is 2.55. The summed E-state index contributed by atoms with van der Waals surface area (Å²) in [5.41, 5.74) is 7.93. The number of carboxylic acid groups (broad SMARTS) is 1. The van der Waals surface area contributed by atoms with Crippen LogP contribution in [-0.4, -0.2) is 34.1 Å². The summed E-state index contributed by atoms with van der Waals surface area (Å²) >= 11 is 4.93. The van der Waals surface area contributed by atoms with E-state index in [0.29, 0.717) is 11.4 Å². The van der Waals surface area contributed by atoms with Crippen LogP contribution in [0.2, 0.25) is 0 Å². The molecule has 1 aliphatic heterocycles. The fourth-order valence-corrected chi connectivity index (χ4v) is 2.80. The predicted molar refractivity (Wildman–Crippen MR) is 82.6 cm³/mol. The van der Waals surface area contributed by atoms with Gasteiger partial charge in [0.05, 0.1) is 10.9 Å². The lowest BCUT2D eigenvalue weighted by molar-refractivity contribution is -0.143. The molecule has 0 atom stereocenters. The maximum Gasteiger partial charge on any atom is 0.306 e. The van der Waals surface area contributed by atoms with Crippen molar-refractivity contribution in [2.24, 2.45) is 11.7 Å². The normalized spacial score (nSPS) is 17.0. The molecular formula is C15H20N2O2S. The van der Waals surface area contributed by atoms with Gasteiger partial charge >= 0.3 is 5.97 Å². The molecule has 0 unspecified atom stereocenters. The van der Waals surface area contributed by atoms with Gasteiger partial charge in [-0.1, -0.05) is 36.5 Å². The van der Waals surface area contributed by atoms with Crippen LogP contribution < -0.4 is 5.73 Å². The molecule has 108 valence electrons. The first-order valence-electron chi connectivity index (χ1n) is 6.86. The van der Waals surface area contributed by atoms with Gasteiger partial charge in [-0.3, -0.25) is 9.69 Å². The van der Waals surface area contributed by atoms with Gasteiger partial charge in [0.2, 0.25) is 0 Å². The zero-order valence-corrected chi connectivity index (χ0v) is 12.2. The van der Waals surface area contributed by atoms with Gasteiger partial charge in [0, 0.05) is 13.0 Å². The van der Waals surface area contributed by atoms with Crippen molar-refractivity contribution >= 4 is 23.2 Å². The summed E-state index contributed by atoms with van der Waals surface area (Å²) in [6.07, 6.45) is 2.11. The number of carbonyl (C=O) groups is 1. The smallest absolute Gasteiger partial charge is 0.306 e. The molecule has 0 radical (unpaired) electrons. The first-order valence-corrected chi connectivity index (χ1v) is 7.26. The molecule has 0 spiro atoms. The Bertz CT molecular complexity index is 496. The number of aliphatic carboxylic acids is 1. The summed E-state index contributed by atoms with van der Waals surface area (Å²) in [5.74, 6) is -0.838. The van der Waals surface area contributed by atoms with Crippen LogP contribution in [0, 0.1) is 5.92 Å². The molecular weight excluding hydrogens is 272 g/mol. The summed E-state index contributed by atoms with van der Waals surface area (Å²) in [7, 11) is 0. The summed E-state index contributed by atoms with van der Waals surface area (Å²) in [4.78, 5) is 13.7. The molecule has 1 saturated heterocycles. The van der Waals surface area contributed by atoms with E-state index in [0.717, 1.165) is 38.0 Å². The lowest BCUT2D eigenvalue weighted by Crippen LogP contribution is -2.35. The number of hydrogen-bond donors (Lipinski definition) is 2. The Balaban J connectivity index is 1.91. The number of nitrogens with zero attached hydrogens (tertiary/aromatic N) is 1. The van der Waals surface area contributed by atoms with E-state index in [-0.39, 0.29) is 5.92 Å². The first-order chi connectivity index (χ1) is 9.54. The Morgan fingerprint density at radius 3 is 2.60 bits per heavy atom. The Morgan fingerprint density at radius 1 is 1.35 bits per heavy atom. The van der Waals surface area contributed by atoms with Crippen molar-refractivity contribution in [3.8, 4) is 0 Å². The Hall–Kier alpha value is -1.46. The van der Waals surface area contributed by atoms with E-state index in [1.807, 2.05) is 12.1 Å². The highest BCUT2D eigenvalue weighted by molar-refractivity contribution is 7.80. The van der Waals surface area contributed by atoms with Gasteiger partial charge in [-0.25, -0.2) is 0 Å². The van der Waals surface area contributed by atoms with Gasteiger partial charge < -0.3 is 10.8 Å². The molecule has 0 aliphatic carbocycles. The lowest BCUT2D eigenvalue weighted by Gasteiger charge is -2.30. The fraction of sp³-hybridized carbons (Fsp3) is 0.467. The van der Waals surface area contributed by atoms with Crippen LogP contribution in [0.5, 0.6) is 0 Å². The molecule has 0 amide bonds. The highest BCUT2D eigenvalue weighted by atomic mass is 32.1. The third-order valence-electron chi connectivity index (χ3n) is 3.71. The number of thiocarbonyl (C=S) groups is 1. The van der Waals surface area contributed by atoms with Crippen LogP contribution in [-0.2, 0) is 17.8 Å². The lowest BCUT2D eigenvalue weighted by atomic mass is 9.96. The predicted octanol–water partition coefficient (Wildman–Crippen LogP) is 1.81. The molecule has 0 saturated carbocycles. The number of piperidine rings is 1. The van der Waals surface area contributed by atoms with Gasteiger partial charge in [0.25, 0.3) is 0 Å². The largest absolute Gasteiger partial charge is 0.481 e. The SMILES string of the molecule is NC(=S)Cc1cccc(CN2CCC(C(=O)O)CC2)c1. The average molecular weight is 292 g/mol. The second kappa shape index (κ2) is 6.81. The van der Waals surface area contributed by atoms with E-state index < -0.39 is 5.97 Å². The standard InChI is InChI=1S/C15H20N2O2S/c16-14(20)9-11-2-1-3-12(8-11)10-17-6-4-13(5-7-17)15(18)19/h1-3,8,13H,4-7,9-10H2,(H2,16,20)(H,18,19). The van der Waals surface area contributed by atoms with Crippen molar-refractivity contribution in [2.45, 2.75) is 25.8 Å². The van der Waals surface area contributed by atoms with Crippen LogP contribution in [0.1, 0.15) is 24.0 Å². The molecule has 3 N–H and O–H groups in total. The monoisotopic (exact) mass is 292 g/mol. The van der Waals surface area contributed by atoms with Crippen molar-refractivity contribution in [3.63, 3.8) is 0 Å². The number of likely N-dealkylation sites (tertiary alicyclic amines) is 1. The second-order valence-electron chi connectivity index (χ2n) is 5.35. The van der Waals surface area contributed by atoms with Crippen molar-refractivity contribution in [2.75, 3.05) is 13.1 Å². The number of carboxylic acids is 1. The van der Waals surface area contributed by atoms with Crippen LogP contribution in [0.25, 0.3) is 0 Å². The number of hydrogen-bond acceptors (Lipinski definition) is 3. The molecule has 0 aromatic heterocycles. The van der Waals surface area contributed by atoms with Crippen molar-refractivity contribution in [3.05, 3.63) is 35.4 Å². The van der Waals surface area contributed by atoms with E-state index in [2.05, 4.69) is 17.0 Å². The number of nitrogens with two attached hydrogens (primary N) is 1. The Labute approximate surface area is 124 Å². The zero-order valence-electron chi connectivity index (χ0n) is 11.4. The van der Waals surface area contributed by atoms with Gasteiger partial charge in [0.15, 0.2) is 0 Å². The molecule has 1 fully saturated rings. The summed E-state index contributed by atoms with van der Waals surface area (Å²) in [6, 6.07) is 8.26. The van der Waals surface area contributed by atoms with Crippen molar-refractivity contribution in [1.82, 2.24) is 4.90 Å². The van der Waals surface area contributed by atoms with E-state index >= 15 is 0 Å². The Kier molecular flexibility index (Phi) is 5.09. The first kappa shape index (κ1) is 14.9. The summed E-state index contributed by atoms with van der Waals surface area (Å²) < 4.78 is 0. The minimum absolute atomic E-state index is 0.174. The quantitative estimate of drug-likeness (QED) is 0.810. The van der Waals surface area contributed by atoms with E-state index in [1.54, 1.807) is 0 Å². The third-order valence-corrected chi connectivity index (χ3v) is 3.86. The molecule has 4 nitrogen and oxygen atoms in total. The van der Waals surface area contributed by atoms with Crippen molar-refractivity contribution in [1.29, 1.82) is 0 Å². The Morgan fingerprint density at radius 2 is 2.00 bits per heavy atom. The van der Waals surface area contributed by atoms with Crippen LogP contribution in [0.15, 0.2) is 24.3 Å². The molecule has 5 heteroatoms. The molecule has 1 heterocycles. The molecule has 0 bridgehead atoms. The number of benzene rings is 1. The topological polar surface area (TPSA) is 66.6 Å². The van der Waals surface area contributed by atoms with Gasteiger partial charge in [-0.2, -0.15) is 0 Å². The summed E-state index contributed by atoms with van der Waals surface area (Å²) in [5, 5.41) is 8.99. The molecule has 20 heavy (non-hydrogen) atoms. The van der Waals surface area contributed by atoms with Crippen LogP contribution in [0.4, 0.5) is 0 Å². The molecule has 1 aliphatic rings. The maximum absolute atomic E-state index is 10.9. The molecule has 1 aromatic carbocycles. The van der Waals surface area contributed by atoms with E-state index in [9.17, 15) is 4.79 Å². The van der Waals surface area contributed by atoms with Crippen LogP contribution >= 0.6 is 12.2 Å². The fourth-order valence-electron chi connectivity index (χ4n) is 2.64. The maximum atomic E-state index is 10.9. The third kappa shape index (κ3) is 4.28. The van der Waals surface area contributed by atoms with E-state index in [4.69, 9.17) is 23.1 Å². The molecule has 2 rings (SSSR count). The van der Waals surface area contributed by atoms with E-state index in [1.165, 1.54) is 5.56 Å². The van der Waals surface area contributed by atoms with Gasteiger partial charge in [0.1, 0.15) is 0 Å². The zero-order chi connectivity index (χ0) is 14.5. The average Bonchev–Trinajstić information content (AvgIpc) is 2.39. The minimum atomic E-state index is -0.664. The van der Waals surface area contributed by atoms with Crippen molar-refractivity contribution < 1.29 is 9.90 Å². The van der Waals surface area contributed by atoms with Crippen LogP contribution in [0.3, 0.4) is 0 Å². The second-order valence-corrected chi connectivity index (χ2v) is 5.88. The number of rotatable bonds is 5.